The Morgan fingerprint density at radius 2 is 2.21 bits per heavy atom. The van der Waals surface area contributed by atoms with E-state index in [0.29, 0.717) is 23.7 Å². The number of hydrogen-bond donors (Lipinski definition) is 1. The van der Waals surface area contributed by atoms with E-state index in [2.05, 4.69) is 29.2 Å². The van der Waals surface area contributed by atoms with E-state index in [9.17, 15) is 4.79 Å². The first-order chi connectivity index (χ1) is 11.1. The topological polar surface area (TPSA) is 50.2 Å². The molecule has 1 aromatic heterocycles. The molecular formula is C18H31ClN4O. The Bertz CT molecular complexity index is 525. The molecular weight excluding hydrogens is 324 g/mol. The van der Waals surface area contributed by atoms with Gasteiger partial charge in [0.25, 0.3) is 5.91 Å². The predicted octanol–water partition coefficient (Wildman–Crippen LogP) is 3.27. The van der Waals surface area contributed by atoms with Crippen molar-refractivity contribution in [3.05, 3.63) is 18.0 Å². The van der Waals surface area contributed by atoms with E-state index >= 15 is 0 Å². The second-order valence-electron chi connectivity index (χ2n) is 7.45. The zero-order chi connectivity index (χ0) is 16.2. The molecule has 0 spiro atoms. The van der Waals surface area contributed by atoms with Crippen LogP contribution < -0.4 is 5.32 Å². The Morgan fingerprint density at radius 1 is 1.38 bits per heavy atom. The fourth-order valence-corrected chi connectivity index (χ4v) is 3.79. The highest BCUT2D eigenvalue weighted by atomic mass is 35.5. The standard InChI is InChI=1S/C18H30N4O.ClH/c1-14(2)7-8-15-6-4-11-21(15)18(23)17-9-12-22(20-17)16-5-3-10-19-13-16;/h9,12,14-16,19H,3-8,10-11,13H2,1-2H3;1H. The third-order valence-electron chi connectivity index (χ3n) is 5.19. The summed E-state index contributed by atoms with van der Waals surface area (Å²) in [6.07, 6.45) is 8.88. The SMILES string of the molecule is CC(C)CCC1CCCN1C(=O)c1ccn(C2CCCNC2)n1.Cl. The number of halogens is 1. The molecule has 0 saturated carbocycles. The number of amides is 1. The number of piperidine rings is 1. The number of hydrogen-bond acceptors (Lipinski definition) is 3. The lowest BCUT2D eigenvalue weighted by Gasteiger charge is -2.25. The van der Waals surface area contributed by atoms with E-state index in [4.69, 9.17) is 0 Å². The largest absolute Gasteiger partial charge is 0.334 e. The lowest BCUT2D eigenvalue weighted by Crippen LogP contribution is -2.36. The zero-order valence-electron chi connectivity index (χ0n) is 14.9. The van der Waals surface area contributed by atoms with Gasteiger partial charge in [-0.15, -0.1) is 12.4 Å². The molecule has 0 aromatic carbocycles. The van der Waals surface area contributed by atoms with Crippen LogP contribution in [0.3, 0.4) is 0 Å². The molecule has 2 saturated heterocycles. The number of rotatable bonds is 5. The predicted molar refractivity (Wildman–Crippen MR) is 98.7 cm³/mol. The van der Waals surface area contributed by atoms with Crippen molar-refractivity contribution < 1.29 is 4.79 Å². The van der Waals surface area contributed by atoms with Crippen molar-refractivity contribution in [2.75, 3.05) is 19.6 Å². The molecule has 2 aliphatic heterocycles. The molecule has 0 bridgehead atoms. The highest BCUT2D eigenvalue weighted by molar-refractivity contribution is 5.92. The third-order valence-corrected chi connectivity index (χ3v) is 5.19. The molecule has 1 aromatic rings. The van der Waals surface area contributed by atoms with Crippen molar-refractivity contribution in [2.24, 2.45) is 5.92 Å². The van der Waals surface area contributed by atoms with E-state index in [1.807, 2.05) is 16.9 Å². The summed E-state index contributed by atoms with van der Waals surface area (Å²) in [5.41, 5.74) is 0.618. The first-order valence-electron chi connectivity index (χ1n) is 9.22. The molecule has 3 rings (SSSR count). The van der Waals surface area contributed by atoms with Crippen LogP contribution in [-0.2, 0) is 0 Å². The summed E-state index contributed by atoms with van der Waals surface area (Å²) in [6, 6.07) is 2.70. The van der Waals surface area contributed by atoms with Crippen molar-refractivity contribution in [1.82, 2.24) is 20.0 Å². The highest BCUT2D eigenvalue weighted by Gasteiger charge is 2.30. The number of nitrogens with zero attached hydrogens (tertiary/aromatic N) is 3. The highest BCUT2D eigenvalue weighted by Crippen LogP contribution is 2.25. The van der Waals surface area contributed by atoms with Gasteiger partial charge in [0.05, 0.1) is 6.04 Å². The summed E-state index contributed by atoms with van der Waals surface area (Å²) < 4.78 is 1.98. The van der Waals surface area contributed by atoms with Crippen LogP contribution in [0.5, 0.6) is 0 Å². The second-order valence-corrected chi connectivity index (χ2v) is 7.45. The molecule has 6 heteroatoms. The maximum atomic E-state index is 12.8. The lowest BCUT2D eigenvalue weighted by atomic mass is 10.0. The van der Waals surface area contributed by atoms with E-state index < -0.39 is 0 Å². The molecule has 2 aliphatic rings. The number of nitrogens with one attached hydrogen (secondary N) is 1. The average molecular weight is 355 g/mol. The van der Waals surface area contributed by atoms with Crippen LogP contribution in [0.25, 0.3) is 0 Å². The quantitative estimate of drug-likeness (QED) is 0.882. The van der Waals surface area contributed by atoms with Gasteiger partial charge in [0.15, 0.2) is 0 Å². The Hall–Kier alpha value is -1.07. The van der Waals surface area contributed by atoms with Crippen LogP contribution in [0, 0.1) is 5.92 Å². The molecule has 0 aliphatic carbocycles. The molecule has 1 N–H and O–H groups in total. The fraction of sp³-hybridized carbons (Fsp3) is 0.778. The summed E-state index contributed by atoms with van der Waals surface area (Å²) >= 11 is 0. The van der Waals surface area contributed by atoms with E-state index in [1.54, 1.807) is 0 Å². The Labute approximate surface area is 151 Å². The lowest BCUT2D eigenvalue weighted by molar-refractivity contribution is 0.0719. The van der Waals surface area contributed by atoms with Crippen LogP contribution in [-0.4, -0.2) is 46.3 Å². The van der Waals surface area contributed by atoms with Crippen LogP contribution in [0.4, 0.5) is 0 Å². The molecule has 2 fully saturated rings. The second kappa shape index (κ2) is 8.86. The molecule has 0 radical (unpaired) electrons. The summed E-state index contributed by atoms with van der Waals surface area (Å²) in [6.45, 7) is 7.44. The molecule has 1 amide bonds. The van der Waals surface area contributed by atoms with Crippen LogP contribution in [0.15, 0.2) is 12.3 Å². The number of likely N-dealkylation sites (tertiary alicyclic amines) is 1. The van der Waals surface area contributed by atoms with Gasteiger partial charge in [-0.2, -0.15) is 5.10 Å². The van der Waals surface area contributed by atoms with Crippen molar-refractivity contribution in [3.63, 3.8) is 0 Å². The van der Waals surface area contributed by atoms with Gasteiger partial charge in [0.2, 0.25) is 0 Å². The number of aromatic nitrogens is 2. The Kier molecular flexibility index (Phi) is 7.11. The monoisotopic (exact) mass is 354 g/mol. The van der Waals surface area contributed by atoms with Gasteiger partial charge >= 0.3 is 0 Å². The Balaban J connectivity index is 0.00000208. The van der Waals surface area contributed by atoms with Gasteiger partial charge in [0, 0.05) is 25.3 Å². The minimum absolute atomic E-state index is 0. The zero-order valence-corrected chi connectivity index (χ0v) is 15.7. The molecule has 3 heterocycles. The Morgan fingerprint density at radius 3 is 2.92 bits per heavy atom. The molecule has 5 nitrogen and oxygen atoms in total. The first-order valence-corrected chi connectivity index (χ1v) is 9.22. The van der Waals surface area contributed by atoms with E-state index in [-0.39, 0.29) is 18.3 Å². The van der Waals surface area contributed by atoms with Gasteiger partial charge in [-0.3, -0.25) is 9.48 Å². The smallest absolute Gasteiger partial charge is 0.274 e. The summed E-state index contributed by atoms with van der Waals surface area (Å²) in [5.74, 6) is 0.823. The molecule has 24 heavy (non-hydrogen) atoms. The molecule has 136 valence electrons. The van der Waals surface area contributed by atoms with Gasteiger partial charge in [-0.25, -0.2) is 0 Å². The van der Waals surface area contributed by atoms with Crippen molar-refractivity contribution >= 4 is 18.3 Å². The van der Waals surface area contributed by atoms with Gasteiger partial charge < -0.3 is 10.2 Å². The minimum atomic E-state index is 0. The summed E-state index contributed by atoms with van der Waals surface area (Å²) in [5, 5.41) is 8.00. The van der Waals surface area contributed by atoms with Gasteiger partial charge in [-0.05, 0) is 57.1 Å². The number of carbonyl (C=O) groups is 1. The van der Waals surface area contributed by atoms with Crippen molar-refractivity contribution in [3.8, 4) is 0 Å². The van der Waals surface area contributed by atoms with Crippen molar-refractivity contribution in [1.29, 1.82) is 0 Å². The maximum absolute atomic E-state index is 12.8. The summed E-state index contributed by atoms with van der Waals surface area (Å²) in [7, 11) is 0. The van der Waals surface area contributed by atoms with E-state index in [0.717, 1.165) is 45.3 Å². The number of carbonyl (C=O) groups excluding carboxylic acids is 1. The third kappa shape index (κ3) is 4.51. The van der Waals surface area contributed by atoms with Crippen LogP contribution >= 0.6 is 12.4 Å². The van der Waals surface area contributed by atoms with Crippen molar-refractivity contribution in [2.45, 2.75) is 64.5 Å². The van der Waals surface area contributed by atoms with Gasteiger partial charge in [0.1, 0.15) is 5.69 Å². The van der Waals surface area contributed by atoms with Crippen LogP contribution in [0.2, 0.25) is 0 Å². The molecule has 2 unspecified atom stereocenters. The van der Waals surface area contributed by atoms with E-state index in [1.165, 1.54) is 12.8 Å². The average Bonchev–Trinajstić information content (AvgIpc) is 3.22. The first kappa shape index (κ1) is 19.3. The van der Waals surface area contributed by atoms with Gasteiger partial charge in [-0.1, -0.05) is 13.8 Å². The minimum Gasteiger partial charge on any atom is -0.334 e. The van der Waals surface area contributed by atoms with Crippen LogP contribution in [0.1, 0.15) is 68.9 Å². The molecule has 2 atom stereocenters. The normalized spacial score (nSPS) is 24.2. The fourth-order valence-electron chi connectivity index (χ4n) is 3.79. The maximum Gasteiger partial charge on any atom is 0.274 e. The summed E-state index contributed by atoms with van der Waals surface area (Å²) in [4.78, 5) is 14.9.